The van der Waals surface area contributed by atoms with Gasteiger partial charge in [-0.3, -0.25) is 14.2 Å². The van der Waals surface area contributed by atoms with Crippen LogP contribution in [0.4, 0.5) is 4.39 Å². The van der Waals surface area contributed by atoms with Crippen molar-refractivity contribution in [2.45, 2.75) is 19.8 Å². The molecule has 0 spiro atoms. The summed E-state index contributed by atoms with van der Waals surface area (Å²) in [6.45, 7) is 5.75. The van der Waals surface area contributed by atoms with Crippen molar-refractivity contribution in [2.24, 2.45) is 0 Å². The molecule has 0 bridgehead atoms. The molecule has 1 aliphatic rings. The Kier molecular flexibility index (Phi) is 7.06. The molecule has 8 heteroatoms. The molecule has 2 heterocycles. The Labute approximate surface area is 200 Å². The fourth-order valence-electron chi connectivity index (χ4n) is 3.71. The monoisotopic (exact) mass is 477 g/mol. The molecule has 4 rings (SSSR count). The number of hydrogen-bond donors (Lipinski definition) is 0. The lowest BCUT2D eigenvalue weighted by Gasteiger charge is -2.26. The minimum absolute atomic E-state index is 0.122. The number of aromatic nitrogens is 1. The molecule has 34 heavy (non-hydrogen) atoms. The molecule has 1 aromatic heterocycles. The molecule has 1 saturated heterocycles. The van der Waals surface area contributed by atoms with Gasteiger partial charge in [0, 0.05) is 13.1 Å². The highest BCUT2D eigenvalue weighted by Crippen LogP contribution is 2.15. The molecule has 2 aromatic carbocycles. The van der Waals surface area contributed by atoms with Crippen LogP contribution in [-0.2, 0) is 9.53 Å². The van der Waals surface area contributed by atoms with E-state index in [4.69, 9.17) is 4.74 Å². The fourth-order valence-corrected chi connectivity index (χ4v) is 4.81. The van der Waals surface area contributed by atoms with E-state index in [9.17, 15) is 19.2 Å². The van der Waals surface area contributed by atoms with Gasteiger partial charge in [-0.05, 0) is 47.4 Å². The normalized spacial score (nSPS) is 15.4. The number of benzene rings is 2. The van der Waals surface area contributed by atoms with E-state index < -0.39 is 11.7 Å². The van der Waals surface area contributed by atoms with Crippen LogP contribution in [0.1, 0.15) is 30.9 Å². The zero-order valence-electron chi connectivity index (χ0n) is 19.0. The standard InChI is InChI=1S/C26H24FN3O3S/c1-17(2)19-5-3-18(4-6-19)15-23-25(32)30(21-9-7-20(27)8-10-21)26(34-23)22(16-28)24(31)29-11-13-33-14-12-29/h3-10,15,17H,11-14H2,1-2H3/b23-15-,26-22-. The van der Waals surface area contributed by atoms with Gasteiger partial charge in [0.05, 0.1) is 23.4 Å². The van der Waals surface area contributed by atoms with Crippen LogP contribution in [-0.4, -0.2) is 41.7 Å². The van der Waals surface area contributed by atoms with Gasteiger partial charge in [-0.15, -0.1) is 11.3 Å². The lowest BCUT2D eigenvalue weighted by Crippen LogP contribution is -2.42. The average molecular weight is 478 g/mol. The van der Waals surface area contributed by atoms with Gasteiger partial charge in [0.15, 0.2) is 5.57 Å². The van der Waals surface area contributed by atoms with Crippen LogP contribution >= 0.6 is 11.3 Å². The van der Waals surface area contributed by atoms with Gasteiger partial charge in [0.1, 0.15) is 16.5 Å². The van der Waals surface area contributed by atoms with Crippen molar-refractivity contribution in [3.63, 3.8) is 0 Å². The van der Waals surface area contributed by atoms with Crippen LogP contribution in [0.25, 0.3) is 17.3 Å². The van der Waals surface area contributed by atoms with E-state index in [1.54, 1.807) is 11.0 Å². The molecule has 174 valence electrons. The predicted octanol–water partition coefficient (Wildman–Crippen LogP) is 2.52. The number of morpholine rings is 1. The van der Waals surface area contributed by atoms with Gasteiger partial charge < -0.3 is 9.64 Å². The van der Waals surface area contributed by atoms with E-state index in [-0.39, 0.29) is 15.8 Å². The number of rotatable bonds is 4. The summed E-state index contributed by atoms with van der Waals surface area (Å²) in [5, 5.41) is 9.92. The van der Waals surface area contributed by atoms with E-state index in [2.05, 4.69) is 13.8 Å². The molecular formula is C26H24FN3O3S. The van der Waals surface area contributed by atoms with Crippen molar-refractivity contribution >= 4 is 28.9 Å². The number of nitriles is 1. The largest absolute Gasteiger partial charge is 0.378 e. The number of amides is 1. The van der Waals surface area contributed by atoms with Crippen LogP contribution in [0, 0.1) is 17.1 Å². The van der Waals surface area contributed by atoms with Gasteiger partial charge in [-0.1, -0.05) is 38.1 Å². The van der Waals surface area contributed by atoms with Gasteiger partial charge in [0.2, 0.25) is 0 Å². The number of thiazole rings is 1. The molecule has 0 radical (unpaired) electrons. The zero-order valence-corrected chi connectivity index (χ0v) is 19.8. The summed E-state index contributed by atoms with van der Waals surface area (Å²) in [5.74, 6) is -0.507. The van der Waals surface area contributed by atoms with Crippen LogP contribution in [0.2, 0.25) is 0 Å². The Hall–Kier alpha value is -3.54. The van der Waals surface area contributed by atoms with E-state index >= 15 is 0 Å². The van der Waals surface area contributed by atoms with Crippen LogP contribution in [0.3, 0.4) is 0 Å². The second kappa shape index (κ2) is 10.2. The minimum atomic E-state index is -0.448. The molecule has 1 amide bonds. The Morgan fingerprint density at radius 2 is 1.76 bits per heavy atom. The first-order valence-corrected chi connectivity index (χ1v) is 11.8. The van der Waals surface area contributed by atoms with Crippen LogP contribution in [0.5, 0.6) is 0 Å². The first-order chi connectivity index (χ1) is 16.4. The third kappa shape index (κ3) is 4.86. The van der Waals surface area contributed by atoms with Crippen LogP contribution in [0.15, 0.2) is 53.3 Å². The Morgan fingerprint density at radius 1 is 1.12 bits per heavy atom. The summed E-state index contributed by atoms with van der Waals surface area (Å²) in [4.78, 5) is 28.2. The fraction of sp³-hybridized carbons (Fsp3) is 0.269. The number of halogens is 1. The first-order valence-electron chi connectivity index (χ1n) is 11.0. The molecule has 3 aromatic rings. The first kappa shape index (κ1) is 23.6. The maximum atomic E-state index is 13.6. The molecule has 6 nitrogen and oxygen atoms in total. The molecule has 0 atom stereocenters. The summed E-state index contributed by atoms with van der Waals surface area (Å²) < 4.78 is 20.8. The van der Waals surface area contributed by atoms with Crippen molar-refractivity contribution in [3.8, 4) is 11.8 Å². The van der Waals surface area contributed by atoms with Crippen molar-refractivity contribution in [2.75, 3.05) is 26.3 Å². The smallest absolute Gasteiger partial charge is 0.273 e. The highest BCUT2D eigenvalue weighted by molar-refractivity contribution is 7.07. The van der Waals surface area contributed by atoms with Gasteiger partial charge in [-0.25, -0.2) is 4.39 Å². The number of carbonyl (C=O) groups excluding carboxylic acids is 1. The number of carbonyl (C=O) groups is 1. The van der Waals surface area contributed by atoms with Crippen LogP contribution < -0.4 is 14.8 Å². The summed E-state index contributed by atoms with van der Waals surface area (Å²) in [5.41, 5.74) is 1.91. The summed E-state index contributed by atoms with van der Waals surface area (Å²) in [6, 6.07) is 15.3. The maximum absolute atomic E-state index is 13.6. The van der Waals surface area contributed by atoms with Gasteiger partial charge in [0.25, 0.3) is 11.5 Å². The zero-order chi connectivity index (χ0) is 24.2. The lowest BCUT2D eigenvalue weighted by molar-refractivity contribution is -0.128. The minimum Gasteiger partial charge on any atom is -0.378 e. The molecule has 0 unspecified atom stereocenters. The van der Waals surface area contributed by atoms with Crippen molar-refractivity contribution < 1.29 is 13.9 Å². The number of nitrogens with zero attached hydrogens (tertiary/aromatic N) is 3. The molecule has 0 saturated carbocycles. The summed E-state index contributed by atoms with van der Waals surface area (Å²) in [7, 11) is 0. The molecular weight excluding hydrogens is 453 g/mol. The number of ether oxygens (including phenoxy) is 1. The molecule has 0 aliphatic carbocycles. The van der Waals surface area contributed by atoms with E-state index in [1.165, 1.54) is 34.4 Å². The Balaban J connectivity index is 1.94. The SMILES string of the molecule is CC(C)c1ccc(/C=c2\s/c(=C(/C#N)C(=O)N3CCOCC3)n(-c3ccc(F)cc3)c2=O)cc1. The summed E-state index contributed by atoms with van der Waals surface area (Å²) >= 11 is 1.08. The lowest BCUT2D eigenvalue weighted by atomic mass is 10.0. The second-order valence-corrected chi connectivity index (χ2v) is 9.28. The van der Waals surface area contributed by atoms with Crippen molar-refractivity contribution in [1.82, 2.24) is 9.47 Å². The van der Waals surface area contributed by atoms with Gasteiger partial charge >= 0.3 is 0 Å². The average Bonchev–Trinajstić information content (AvgIpc) is 3.16. The molecule has 1 aliphatic heterocycles. The van der Waals surface area contributed by atoms with E-state index in [0.717, 1.165) is 16.9 Å². The highest BCUT2D eigenvalue weighted by atomic mass is 32.1. The molecule has 0 N–H and O–H groups in total. The van der Waals surface area contributed by atoms with Crippen molar-refractivity contribution in [3.05, 3.63) is 85.0 Å². The van der Waals surface area contributed by atoms with E-state index in [0.29, 0.717) is 42.4 Å². The highest BCUT2D eigenvalue weighted by Gasteiger charge is 2.24. The molecule has 1 fully saturated rings. The second-order valence-electron chi connectivity index (χ2n) is 8.25. The van der Waals surface area contributed by atoms with Crippen molar-refractivity contribution in [1.29, 1.82) is 5.26 Å². The number of hydrogen-bond acceptors (Lipinski definition) is 5. The quantitative estimate of drug-likeness (QED) is 0.579. The Bertz CT molecular complexity index is 1410. The van der Waals surface area contributed by atoms with Gasteiger partial charge in [-0.2, -0.15) is 5.26 Å². The predicted molar refractivity (Wildman–Crippen MR) is 130 cm³/mol. The third-order valence-electron chi connectivity index (χ3n) is 5.65. The summed E-state index contributed by atoms with van der Waals surface area (Å²) in [6.07, 6.45) is 1.74. The maximum Gasteiger partial charge on any atom is 0.273 e. The topological polar surface area (TPSA) is 75.3 Å². The van der Waals surface area contributed by atoms with E-state index in [1.807, 2.05) is 30.3 Å². The Morgan fingerprint density at radius 3 is 2.35 bits per heavy atom. The third-order valence-corrected chi connectivity index (χ3v) is 6.74.